The van der Waals surface area contributed by atoms with E-state index < -0.39 is 0 Å². The van der Waals surface area contributed by atoms with Crippen molar-refractivity contribution in [2.24, 2.45) is 5.92 Å². The Kier molecular flexibility index (Phi) is 2.97. The van der Waals surface area contributed by atoms with E-state index in [1.807, 2.05) is 12.1 Å². The monoisotopic (exact) mass is 209 g/mol. The summed E-state index contributed by atoms with van der Waals surface area (Å²) in [5.74, 6) is 0.978. The first-order chi connectivity index (χ1) is 6.75. The molecule has 1 fully saturated rings. The fraction of sp³-hybridized carbons (Fsp3) is 0.500. The van der Waals surface area contributed by atoms with E-state index in [0.717, 1.165) is 23.2 Å². The molecular weight excluding hydrogens is 194 g/mol. The molecule has 0 radical (unpaired) electrons. The second kappa shape index (κ2) is 4.22. The molecule has 0 unspecified atom stereocenters. The summed E-state index contributed by atoms with van der Waals surface area (Å²) in [6.07, 6.45) is 4.12. The van der Waals surface area contributed by atoms with Crippen LogP contribution in [0.25, 0.3) is 0 Å². The van der Waals surface area contributed by atoms with E-state index in [1.54, 1.807) is 0 Å². The normalized spacial score (nSPS) is 15.6. The average Bonchev–Trinajstić information content (AvgIpc) is 2.95. The van der Waals surface area contributed by atoms with Crippen LogP contribution in [0, 0.1) is 12.8 Å². The summed E-state index contributed by atoms with van der Waals surface area (Å²) >= 11 is 6.06. The number of hydrogen-bond acceptors (Lipinski definition) is 1. The number of halogens is 1. The molecule has 14 heavy (non-hydrogen) atoms. The molecule has 1 N–H and O–H groups in total. The maximum atomic E-state index is 6.06. The zero-order valence-electron chi connectivity index (χ0n) is 8.52. The lowest BCUT2D eigenvalue weighted by molar-refractivity contribution is 0.760. The van der Waals surface area contributed by atoms with Gasteiger partial charge < -0.3 is 5.32 Å². The summed E-state index contributed by atoms with van der Waals surface area (Å²) in [6.45, 7) is 3.14. The van der Waals surface area contributed by atoms with Gasteiger partial charge in [0.1, 0.15) is 0 Å². The highest BCUT2D eigenvalue weighted by atomic mass is 35.5. The molecule has 1 aliphatic rings. The molecule has 1 aromatic carbocycles. The van der Waals surface area contributed by atoms with Crippen LogP contribution in [0.2, 0.25) is 5.02 Å². The molecule has 1 saturated carbocycles. The van der Waals surface area contributed by atoms with E-state index in [0.29, 0.717) is 0 Å². The fourth-order valence-corrected chi connectivity index (χ4v) is 1.78. The minimum absolute atomic E-state index is 0.825. The van der Waals surface area contributed by atoms with Crippen LogP contribution < -0.4 is 5.32 Å². The van der Waals surface area contributed by atoms with E-state index in [-0.39, 0.29) is 0 Å². The average molecular weight is 210 g/mol. The third kappa shape index (κ3) is 2.65. The summed E-state index contributed by atoms with van der Waals surface area (Å²) in [5, 5.41) is 4.22. The third-order valence-corrected chi connectivity index (χ3v) is 3.02. The van der Waals surface area contributed by atoms with Crippen LogP contribution in [-0.2, 0) is 0 Å². The summed E-state index contributed by atoms with van der Waals surface area (Å²) in [5.41, 5.74) is 2.33. The summed E-state index contributed by atoms with van der Waals surface area (Å²) in [7, 11) is 0. The second-order valence-corrected chi connectivity index (χ2v) is 4.55. The van der Waals surface area contributed by atoms with E-state index in [2.05, 4.69) is 18.3 Å². The molecule has 2 rings (SSSR count). The quantitative estimate of drug-likeness (QED) is 0.794. The molecule has 2 heteroatoms. The number of nitrogens with one attached hydrogen (secondary N) is 1. The van der Waals surface area contributed by atoms with Gasteiger partial charge in [0.2, 0.25) is 0 Å². The second-order valence-electron chi connectivity index (χ2n) is 4.14. The van der Waals surface area contributed by atoms with Gasteiger partial charge in [-0.15, -0.1) is 0 Å². The molecule has 76 valence electrons. The van der Waals surface area contributed by atoms with Crippen LogP contribution >= 0.6 is 11.6 Å². The minimum atomic E-state index is 0.825. The largest absolute Gasteiger partial charge is 0.384 e. The van der Waals surface area contributed by atoms with Crippen LogP contribution in [0.4, 0.5) is 5.69 Å². The van der Waals surface area contributed by atoms with Gasteiger partial charge in [0.25, 0.3) is 0 Å². The van der Waals surface area contributed by atoms with Crippen molar-refractivity contribution in [2.75, 3.05) is 11.9 Å². The van der Waals surface area contributed by atoms with Crippen molar-refractivity contribution >= 4 is 17.3 Å². The number of benzene rings is 1. The Hall–Kier alpha value is -0.690. The molecule has 0 bridgehead atoms. The predicted molar refractivity (Wildman–Crippen MR) is 62.0 cm³/mol. The molecule has 0 aromatic heterocycles. The van der Waals surface area contributed by atoms with Gasteiger partial charge in [-0.05, 0) is 37.0 Å². The summed E-state index contributed by atoms with van der Waals surface area (Å²) in [4.78, 5) is 0. The highest BCUT2D eigenvalue weighted by Crippen LogP contribution is 2.32. The van der Waals surface area contributed by atoms with Crippen molar-refractivity contribution in [3.05, 3.63) is 28.8 Å². The Morgan fingerprint density at radius 3 is 2.93 bits per heavy atom. The predicted octanol–water partition coefficient (Wildman–Crippen LogP) is 3.86. The van der Waals surface area contributed by atoms with Crippen molar-refractivity contribution in [1.82, 2.24) is 0 Å². The molecule has 0 spiro atoms. The Morgan fingerprint density at radius 2 is 2.21 bits per heavy atom. The van der Waals surface area contributed by atoms with Crippen LogP contribution in [-0.4, -0.2) is 6.54 Å². The molecule has 1 nitrogen and oxygen atoms in total. The summed E-state index contributed by atoms with van der Waals surface area (Å²) in [6, 6.07) is 6.10. The molecule has 0 heterocycles. The molecule has 1 aromatic rings. The lowest BCUT2D eigenvalue weighted by Crippen LogP contribution is -2.02. The summed E-state index contributed by atoms with van der Waals surface area (Å²) < 4.78 is 0. The topological polar surface area (TPSA) is 12.0 Å². The number of hydrogen-bond donors (Lipinski definition) is 1. The highest BCUT2D eigenvalue weighted by Gasteiger charge is 2.20. The van der Waals surface area contributed by atoms with Gasteiger partial charge in [0, 0.05) is 6.54 Å². The standard InChI is InChI=1S/C12H16ClN/c1-9-2-5-11(13)12(8-9)14-7-6-10-3-4-10/h2,5,8,10,14H,3-4,6-7H2,1H3. The van der Waals surface area contributed by atoms with Gasteiger partial charge in [-0.25, -0.2) is 0 Å². The Bertz CT molecular complexity index is 318. The van der Waals surface area contributed by atoms with Crippen LogP contribution in [0.3, 0.4) is 0 Å². The smallest absolute Gasteiger partial charge is 0.0637 e. The SMILES string of the molecule is Cc1ccc(Cl)c(NCCC2CC2)c1. The lowest BCUT2D eigenvalue weighted by Gasteiger charge is -2.08. The van der Waals surface area contributed by atoms with Crippen molar-refractivity contribution in [3.63, 3.8) is 0 Å². The maximum absolute atomic E-state index is 6.06. The Labute approximate surface area is 90.5 Å². The van der Waals surface area contributed by atoms with Gasteiger partial charge in [-0.1, -0.05) is 30.5 Å². The number of anilines is 1. The molecule has 0 atom stereocenters. The van der Waals surface area contributed by atoms with Crippen molar-refractivity contribution in [3.8, 4) is 0 Å². The first-order valence-corrected chi connectivity index (χ1v) is 5.63. The third-order valence-electron chi connectivity index (χ3n) is 2.69. The van der Waals surface area contributed by atoms with E-state index in [1.165, 1.54) is 24.8 Å². The van der Waals surface area contributed by atoms with Crippen molar-refractivity contribution in [2.45, 2.75) is 26.2 Å². The zero-order chi connectivity index (χ0) is 9.97. The Morgan fingerprint density at radius 1 is 1.43 bits per heavy atom. The Balaban J connectivity index is 1.89. The van der Waals surface area contributed by atoms with Crippen LogP contribution in [0.1, 0.15) is 24.8 Å². The molecular formula is C12H16ClN. The molecule has 1 aliphatic carbocycles. The minimum Gasteiger partial charge on any atom is -0.384 e. The van der Waals surface area contributed by atoms with Gasteiger partial charge in [-0.3, -0.25) is 0 Å². The van der Waals surface area contributed by atoms with E-state index in [4.69, 9.17) is 11.6 Å². The first-order valence-electron chi connectivity index (χ1n) is 5.26. The zero-order valence-corrected chi connectivity index (χ0v) is 9.27. The van der Waals surface area contributed by atoms with E-state index >= 15 is 0 Å². The van der Waals surface area contributed by atoms with Crippen molar-refractivity contribution in [1.29, 1.82) is 0 Å². The van der Waals surface area contributed by atoms with Gasteiger partial charge in [0.15, 0.2) is 0 Å². The first kappa shape index (κ1) is 9.85. The molecule has 0 saturated heterocycles. The van der Waals surface area contributed by atoms with E-state index in [9.17, 15) is 0 Å². The lowest BCUT2D eigenvalue weighted by atomic mass is 10.2. The van der Waals surface area contributed by atoms with Crippen molar-refractivity contribution < 1.29 is 0 Å². The van der Waals surface area contributed by atoms with Gasteiger partial charge in [0.05, 0.1) is 10.7 Å². The van der Waals surface area contributed by atoms with Gasteiger partial charge >= 0.3 is 0 Å². The number of rotatable bonds is 4. The fourth-order valence-electron chi connectivity index (χ4n) is 1.59. The molecule has 0 amide bonds. The van der Waals surface area contributed by atoms with Gasteiger partial charge in [-0.2, -0.15) is 0 Å². The highest BCUT2D eigenvalue weighted by molar-refractivity contribution is 6.33. The maximum Gasteiger partial charge on any atom is 0.0637 e. The number of aryl methyl sites for hydroxylation is 1. The van der Waals surface area contributed by atoms with Crippen LogP contribution in [0.5, 0.6) is 0 Å². The van der Waals surface area contributed by atoms with Crippen LogP contribution in [0.15, 0.2) is 18.2 Å². The molecule has 0 aliphatic heterocycles.